The van der Waals surface area contributed by atoms with Gasteiger partial charge in [0.15, 0.2) is 0 Å². The van der Waals surface area contributed by atoms with Gasteiger partial charge in [0.1, 0.15) is 17.5 Å². The van der Waals surface area contributed by atoms with Crippen LogP contribution in [0.1, 0.15) is 97.8 Å². The summed E-state index contributed by atoms with van der Waals surface area (Å²) in [7, 11) is 0. The summed E-state index contributed by atoms with van der Waals surface area (Å²) in [6.07, 6.45) is 3.73. The Balaban J connectivity index is 1.43. The molecule has 7 rings (SSSR count). The Bertz CT molecular complexity index is 1560. The van der Waals surface area contributed by atoms with Gasteiger partial charge in [0.2, 0.25) is 0 Å². The van der Waals surface area contributed by atoms with Gasteiger partial charge in [-0.3, -0.25) is 4.79 Å². The minimum absolute atomic E-state index is 0.0330. The Labute approximate surface area is 350 Å². The van der Waals surface area contributed by atoms with Crippen LogP contribution in [0.25, 0.3) is 0 Å². The second-order valence-corrected chi connectivity index (χ2v) is 19.3. The van der Waals surface area contributed by atoms with E-state index in [2.05, 4.69) is 27.8 Å². The number of hydrogen-bond donors (Lipinski definition) is 9. The third-order valence-electron chi connectivity index (χ3n) is 15.9. The molecule has 2 saturated carbocycles. The highest BCUT2D eigenvalue weighted by Gasteiger charge is 2.67. The SMILES string of the molecule is CC=C(CNCC)C(=O)OC1CC2C(O)C3C(=O)CC(CO)OC3C3C2OC1(C)C(CC1CCC(N)NC1)CC#CC(CO)(C1CCCC(O)C1)C3C1CCNC(N)C1. The molecule has 18 atom stereocenters. The number of ether oxygens (including phenoxy) is 3. The maximum atomic E-state index is 14.3. The molecule has 14 heteroatoms. The molecule has 332 valence electrons. The third kappa shape index (κ3) is 8.96. The van der Waals surface area contributed by atoms with Crippen LogP contribution >= 0.6 is 0 Å². The van der Waals surface area contributed by atoms with Gasteiger partial charge in [-0.15, -0.1) is 5.92 Å². The first kappa shape index (κ1) is 45.0. The van der Waals surface area contributed by atoms with Crippen molar-refractivity contribution in [2.45, 2.75) is 152 Å². The lowest BCUT2D eigenvalue weighted by atomic mass is 9.48. The van der Waals surface area contributed by atoms with Gasteiger partial charge in [0, 0.05) is 42.7 Å². The number of nitrogens with two attached hydrogens (primary N) is 2. The smallest absolute Gasteiger partial charge is 0.335 e. The molecule has 6 fully saturated rings. The first-order valence-electron chi connectivity index (χ1n) is 22.9. The molecule has 5 aliphatic heterocycles. The number of esters is 1. The number of rotatable bonds is 11. The predicted molar refractivity (Wildman–Crippen MR) is 221 cm³/mol. The van der Waals surface area contributed by atoms with Crippen LogP contribution in [0.2, 0.25) is 0 Å². The highest BCUT2D eigenvalue weighted by Crippen LogP contribution is 2.60. The van der Waals surface area contributed by atoms with Gasteiger partial charge in [-0.2, -0.15) is 0 Å². The van der Waals surface area contributed by atoms with Gasteiger partial charge in [0.05, 0.1) is 67.4 Å². The Morgan fingerprint density at radius 2 is 1.88 bits per heavy atom. The average molecular weight is 828 g/mol. The zero-order chi connectivity index (χ0) is 42.1. The highest BCUT2D eigenvalue weighted by molar-refractivity contribution is 5.89. The van der Waals surface area contributed by atoms with Gasteiger partial charge in [0.25, 0.3) is 0 Å². The molecule has 0 aromatic rings. The van der Waals surface area contributed by atoms with Crippen LogP contribution in [0.3, 0.4) is 0 Å². The minimum Gasteiger partial charge on any atom is -0.456 e. The zero-order valence-electron chi connectivity index (χ0n) is 35.5. The van der Waals surface area contributed by atoms with Crippen molar-refractivity contribution in [3.8, 4) is 11.8 Å². The summed E-state index contributed by atoms with van der Waals surface area (Å²) in [6.45, 7) is 7.63. The van der Waals surface area contributed by atoms with E-state index >= 15 is 0 Å². The fourth-order valence-electron chi connectivity index (χ4n) is 12.8. The van der Waals surface area contributed by atoms with Crippen LogP contribution in [0.5, 0.6) is 0 Å². The van der Waals surface area contributed by atoms with Gasteiger partial charge >= 0.3 is 5.97 Å². The van der Waals surface area contributed by atoms with E-state index < -0.39 is 77.3 Å². The summed E-state index contributed by atoms with van der Waals surface area (Å²) in [5.41, 5.74) is 11.4. The topological polar surface area (TPSA) is 231 Å². The van der Waals surface area contributed by atoms with Gasteiger partial charge in [-0.05, 0) is 115 Å². The van der Waals surface area contributed by atoms with Crippen molar-refractivity contribution < 1.29 is 44.2 Å². The second kappa shape index (κ2) is 19.2. The number of fused-ring (bicyclic) bond motifs is 3. The van der Waals surface area contributed by atoms with Crippen molar-refractivity contribution in [1.82, 2.24) is 16.0 Å². The molecule has 5 heterocycles. The number of nitrogens with one attached hydrogen (secondary N) is 3. The lowest BCUT2D eigenvalue weighted by molar-refractivity contribution is -0.308. The molecule has 0 radical (unpaired) electrons. The number of likely N-dealkylation sites (N-methyl/N-ethyl adjacent to an activating group) is 1. The van der Waals surface area contributed by atoms with Crippen molar-refractivity contribution in [2.24, 2.45) is 64.2 Å². The number of piperidine rings is 2. The minimum atomic E-state index is -1.17. The third-order valence-corrected chi connectivity index (χ3v) is 15.9. The van der Waals surface area contributed by atoms with Crippen LogP contribution in [0, 0.1) is 64.6 Å². The first-order valence-corrected chi connectivity index (χ1v) is 22.9. The standard InChI is InChI=1S/C45H73N5O9/c1-4-26(22-48-5-2)43(56)58-34-20-32-40(55)37-33(54)19-31(23-51)57-42(37)38-39(27-13-15-49-36(47)17-27)45(24-52,29-8-6-10-30(53)18-29)14-7-9-28(44(34,3)59-41(32)38)16-25-11-12-35(46)50-21-25/h4,25,27-32,34-42,48-53,55H,5-6,8-13,15-24,46-47H2,1-3H3. The van der Waals surface area contributed by atoms with E-state index in [4.69, 9.17) is 25.7 Å². The molecular weight excluding hydrogens is 755 g/mol. The number of hydrogen-bond acceptors (Lipinski definition) is 14. The number of Topliss-reactive ketones (excluding diaryl/α,β-unsaturated/α-hetero) is 1. The summed E-state index contributed by atoms with van der Waals surface area (Å²) < 4.78 is 21.1. The van der Waals surface area contributed by atoms with Crippen LogP contribution in [-0.4, -0.2) is 126 Å². The molecule has 0 amide bonds. The van der Waals surface area contributed by atoms with E-state index in [1.54, 1.807) is 6.08 Å². The van der Waals surface area contributed by atoms with E-state index in [1.165, 1.54) is 0 Å². The van der Waals surface area contributed by atoms with E-state index in [1.807, 2.05) is 20.8 Å². The fourth-order valence-corrected chi connectivity index (χ4v) is 12.8. The molecule has 4 saturated heterocycles. The summed E-state index contributed by atoms with van der Waals surface area (Å²) in [6, 6.07) is 0. The molecule has 2 bridgehead atoms. The van der Waals surface area contributed by atoms with Crippen molar-refractivity contribution in [3.63, 3.8) is 0 Å². The average Bonchev–Trinajstić information content (AvgIpc) is 3.22. The normalized spacial score (nSPS) is 46.7. The van der Waals surface area contributed by atoms with Gasteiger partial charge < -0.3 is 62.1 Å². The lowest BCUT2D eigenvalue weighted by Gasteiger charge is -2.63. The Hall–Kier alpha value is -2.00. The predicted octanol–water partition coefficient (Wildman–Crippen LogP) is 1.07. The number of carbonyl (C=O) groups excluding carboxylic acids is 2. The van der Waals surface area contributed by atoms with E-state index in [0.717, 1.165) is 38.6 Å². The second-order valence-electron chi connectivity index (χ2n) is 19.3. The van der Waals surface area contributed by atoms with Gasteiger partial charge in [-0.1, -0.05) is 25.3 Å². The number of aliphatic hydroxyl groups is 4. The van der Waals surface area contributed by atoms with E-state index in [9.17, 15) is 30.0 Å². The van der Waals surface area contributed by atoms with Crippen molar-refractivity contribution in [3.05, 3.63) is 11.6 Å². The number of carbonyl (C=O) groups is 2. The first-order chi connectivity index (χ1) is 28.4. The summed E-state index contributed by atoms with van der Waals surface area (Å²) in [4.78, 5) is 28.5. The van der Waals surface area contributed by atoms with Crippen molar-refractivity contribution in [1.29, 1.82) is 0 Å². The van der Waals surface area contributed by atoms with Crippen LogP contribution in [-0.2, 0) is 23.8 Å². The molecule has 2 aliphatic carbocycles. The largest absolute Gasteiger partial charge is 0.456 e. The molecule has 18 unspecified atom stereocenters. The van der Waals surface area contributed by atoms with Crippen LogP contribution in [0.15, 0.2) is 11.6 Å². The lowest BCUT2D eigenvalue weighted by Crippen LogP contribution is -2.72. The van der Waals surface area contributed by atoms with E-state index in [0.29, 0.717) is 57.3 Å². The number of allylic oxidation sites excluding steroid dienone is 1. The fraction of sp³-hybridized carbons (Fsp3) is 0.867. The van der Waals surface area contributed by atoms with Gasteiger partial charge in [-0.25, -0.2) is 4.79 Å². The molecule has 14 nitrogen and oxygen atoms in total. The quantitative estimate of drug-likeness (QED) is 0.0807. The molecule has 0 aromatic heterocycles. The maximum absolute atomic E-state index is 14.3. The molecule has 59 heavy (non-hydrogen) atoms. The Morgan fingerprint density at radius 3 is 2.56 bits per heavy atom. The van der Waals surface area contributed by atoms with Crippen molar-refractivity contribution in [2.75, 3.05) is 39.4 Å². The van der Waals surface area contributed by atoms with Crippen LogP contribution in [0.4, 0.5) is 0 Å². The number of aliphatic hydroxyl groups excluding tert-OH is 4. The molecule has 11 N–H and O–H groups in total. The number of ketones is 1. The summed E-state index contributed by atoms with van der Waals surface area (Å²) >= 11 is 0. The summed E-state index contributed by atoms with van der Waals surface area (Å²) in [5.74, 6) is 4.07. The van der Waals surface area contributed by atoms with Crippen LogP contribution < -0.4 is 27.4 Å². The summed E-state index contributed by atoms with van der Waals surface area (Å²) in [5, 5.41) is 56.5. The van der Waals surface area contributed by atoms with Crippen molar-refractivity contribution >= 4 is 11.8 Å². The molecular formula is C45H73N5O9. The molecule has 0 aromatic carbocycles. The zero-order valence-corrected chi connectivity index (χ0v) is 35.5. The Morgan fingerprint density at radius 1 is 1.07 bits per heavy atom. The Kier molecular flexibility index (Phi) is 14.6. The monoisotopic (exact) mass is 828 g/mol. The highest BCUT2D eigenvalue weighted by atomic mass is 16.6. The molecule has 7 aliphatic rings. The van der Waals surface area contributed by atoms with E-state index in [-0.39, 0.29) is 67.8 Å². The maximum Gasteiger partial charge on any atom is 0.335 e. The molecule has 0 spiro atoms.